The predicted octanol–water partition coefficient (Wildman–Crippen LogP) is 3.50. The number of carboxylic acids is 1. The number of hydrogen-bond acceptors (Lipinski definition) is 2. The van der Waals surface area contributed by atoms with Gasteiger partial charge < -0.3 is 10.2 Å². The van der Waals surface area contributed by atoms with E-state index >= 15 is 0 Å². The molecule has 10 heteroatoms. The van der Waals surface area contributed by atoms with Crippen molar-refractivity contribution in [3.05, 3.63) is 33.8 Å². The highest BCUT2D eigenvalue weighted by atomic mass is 35.5. The third kappa shape index (κ3) is 3.15. The maximum Gasteiger partial charge on any atom is 0.417 e. The van der Waals surface area contributed by atoms with Crippen LogP contribution in [0.3, 0.4) is 0 Å². The van der Waals surface area contributed by atoms with E-state index in [2.05, 4.69) is 0 Å². The van der Waals surface area contributed by atoms with E-state index in [0.29, 0.717) is 0 Å². The quantitative estimate of drug-likeness (QED) is 0.819. The molecule has 0 heterocycles. The molecule has 0 bridgehead atoms. The van der Waals surface area contributed by atoms with Crippen LogP contribution in [0.15, 0.2) is 12.1 Å². The molecule has 0 aliphatic carbocycles. The minimum absolute atomic E-state index is 0.0240. The van der Waals surface area contributed by atoms with E-state index in [-0.39, 0.29) is 12.1 Å². The second-order valence-electron chi connectivity index (χ2n) is 3.62. The molecule has 3 nitrogen and oxygen atoms in total. The van der Waals surface area contributed by atoms with Crippen molar-refractivity contribution >= 4 is 17.6 Å². The molecular formula is C10H5ClF6O3. The van der Waals surface area contributed by atoms with E-state index in [1.54, 1.807) is 0 Å². The molecule has 112 valence electrons. The van der Waals surface area contributed by atoms with Crippen LogP contribution in [0.5, 0.6) is 0 Å². The summed E-state index contributed by atoms with van der Waals surface area (Å²) < 4.78 is 75.5. The van der Waals surface area contributed by atoms with Gasteiger partial charge >= 0.3 is 18.3 Å². The smallest absolute Gasteiger partial charge is 0.417 e. The number of aliphatic hydroxyl groups is 1. The molecule has 20 heavy (non-hydrogen) atoms. The van der Waals surface area contributed by atoms with Crippen LogP contribution in [0.25, 0.3) is 0 Å². The van der Waals surface area contributed by atoms with Crippen molar-refractivity contribution in [1.82, 2.24) is 0 Å². The molecule has 0 aliphatic heterocycles. The van der Waals surface area contributed by atoms with Gasteiger partial charge in [0.25, 0.3) is 0 Å². The maximum atomic E-state index is 12.6. The van der Waals surface area contributed by atoms with Gasteiger partial charge in [-0.25, -0.2) is 4.79 Å². The zero-order valence-corrected chi connectivity index (χ0v) is 9.94. The highest BCUT2D eigenvalue weighted by molar-refractivity contribution is 6.32. The number of carbonyl (C=O) groups is 1. The Morgan fingerprint density at radius 1 is 1.05 bits per heavy atom. The third-order valence-electron chi connectivity index (χ3n) is 2.30. The number of halogens is 7. The van der Waals surface area contributed by atoms with Gasteiger partial charge in [0.15, 0.2) is 6.10 Å². The number of alkyl halides is 6. The zero-order chi connectivity index (χ0) is 15.9. The molecule has 0 aliphatic rings. The first-order chi connectivity index (χ1) is 8.87. The van der Waals surface area contributed by atoms with Crippen molar-refractivity contribution in [2.75, 3.05) is 0 Å². The van der Waals surface area contributed by atoms with Gasteiger partial charge in [-0.15, -0.1) is 0 Å². The van der Waals surface area contributed by atoms with E-state index in [1.807, 2.05) is 0 Å². The van der Waals surface area contributed by atoms with Gasteiger partial charge in [-0.05, 0) is 12.1 Å². The highest BCUT2D eigenvalue weighted by Crippen LogP contribution is 2.44. The lowest BCUT2D eigenvalue weighted by Crippen LogP contribution is -2.20. The molecule has 0 saturated carbocycles. The minimum Gasteiger partial charge on any atom is -0.479 e. The molecule has 1 aromatic rings. The van der Waals surface area contributed by atoms with Crippen LogP contribution >= 0.6 is 11.6 Å². The van der Waals surface area contributed by atoms with E-state index in [0.717, 1.165) is 0 Å². The Bertz CT molecular complexity index is 537. The van der Waals surface area contributed by atoms with Crippen molar-refractivity contribution in [3.63, 3.8) is 0 Å². The summed E-state index contributed by atoms with van der Waals surface area (Å²) in [6.07, 6.45) is -13.1. The van der Waals surface area contributed by atoms with E-state index in [9.17, 15) is 31.1 Å². The molecule has 1 unspecified atom stereocenters. The molecule has 0 spiro atoms. The fourth-order valence-electron chi connectivity index (χ4n) is 1.45. The normalized spacial score (nSPS) is 14.2. The number of carboxylic acid groups (broad SMARTS) is 1. The van der Waals surface area contributed by atoms with Crippen molar-refractivity contribution in [1.29, 1.82) is 0 Å². The van der Waals surface area contributed by atoms with Gasteiger partial charge in [0.1, 0.15) is 0 Å². The highest BCUT2D eigenvalue weighted by Gasteiger charge is 2.42. The van der Waals surface area contributed by atoms with Gasteiger partial charge in [-0.2, -0.15) is 26.3 Å². The minimum atomic E-state index is -5.17. The number of benzene rings is 1. The summed E-state index contributed by atoms with van der Waals surface area (Å²) in [6, 6.07) is 0.0967. The fraction of sp³-hybridized carbons (Fsp3) is 0.300. The average Bonchev–Trinajstić information content (AvgIpc) is 2.24. The topological polar surface area (TPSA) is 57.5 Å². The van der Waals surface area contributed by atoms with Gasteiger partial charge in [-0.1, -0.05) is 11.6 Å². The van der Waals surface area contributed by atoms with Crippen LogP contribution in [-0.2, 0) is 17.1 Å². The van der Waals surface area contributed by atoms with Crippen molar-refractivity contribution in [3.8, 4) is 0 Å². The molecule has 0 fully saturated rings. The third-order valence-corrected chi connectivity index (χ3v) is 2.71. The monoisotopic (exact) mass is 322 g/mol. The molecule has 0 amide bonds. The lowest BCUT2D eigenvalue weighted by atomic mass is 9.98. The van der Waals surface area contributed by atoms with Crippen LogP contribution in [-0.4, -0.2) is 16.2 Å². The number of rotatable bonds is 2. The van der Waals surface area contributed by atoms with Crippen molar-refractivity contribution < 1.29 is 41.4 Å². The van der Waals surface area contributed by atoms with Crippen molar-refractivity contribution in [2.45, 2.75) is 18.5 Å². The van der Waals surface area contributed by atoms with Gasteiger partial charge in [0.2, 0.25) is 0 Å². The summed E-state index contributed by atoms with van der Waals surface area (Å²) in [6.45, 7) is 0. The Hall–Kier alpha value is -1.48. The standard InChI is InChI=1S/C10H5ClF6O3/c11-6-4(10(15,16)17)2-1-3(9(12,13)14)5(6)7(18)8(19)20/h1-2,7,18H,(H,19,20). The van der Waals surface area contributed by atoms with Crippen LogP contribution in [0, 0.1) is 0 Å². The second kappa shape index (κ2) is 5.13. The zero-order valence-electron chi connectivity index (χ0n) is 9.18. The molecule has 0 radical (unpaired) electrons. The summed E-state index contributed by atoms with van der Waals surface area (Å²) in [7, 11) is 0. The maximum absolute atomic E-state index is 12.6. The summed E-state index contributed by atoms with van der Waals surface area (Å²) >= 11 is 5.20. The molecule has 1 aromatic carbocycles. The second-order valence-corrected chi connectivity index (χ2v) is 4.00. The van der Waals surface area contributed by atoms with Crippen LogP contribution in [0.4, 0.5) is 26.3 Å². The molecule has 1 rings (SSSR count). The van der Waals surface area contributed by atoms with Gasteiger partial charge in [0, 0.05) is 5.56 Å². The fourth-order valence-corrected chi connectivity index (χ4v) is 1.83. The van der Waals surface area contributed by atoms with Gasteiger partial charge in [0.05, 0.1) is 16.1 Å². The Morgan fingerprint density at radius 2 is 1.45 bits per heavy atom. The lowest BCUT2D eigenvalue weighted by molar-refractivity contribution is -0.150. The Morgan fingerprint density at radius 3 is 1.80 bits per heavy atom. The van der Waals surface area contributed by atoms with E-state index in [4.69, 9.17) is 21.8 Å². The summed E-state index contributed by atoms with van der Waals surface area (Å²) in [5, 5.41) is 16.2. The molecule has 2 N–H and O–H groups in total. The number of aliphatic carboxylic acids is 1. The molecule has 1 atom stereocenters. The summed E-state index contributed by atoms with van der Waals surface area (Å²) in [5.74, 6) is -2.16. The molecular weight excluding hydrogens is 318 g/mol. The predicted molar refractivity (Wildman–Crippen MR) is 54.1 cm³/mol. The first-order valence-electron chi connectivity index (χ1n) is 4.75. The largest absolute Gasteiger partial charge is 0.479 e. The van der Waals surface area contributed by atoms with E-state index < -0.39 is 46.1 Å². The Kier molecular flexibility index (Phi) is 4.25. The number of aliphatic hydroxyl groups excluding tert-OH is 1. The van der Waals surface area contributed by atoms with E-state index in [1.165, 1.54) is 0 Å². The summed E-state index contributed by atoms with van der Waals surface area (Å²) in [4.78, 5) is 10.5. The number of hydrogen-bond donors (Lipinski definition) is 2. The SMILES string of the molecule is O=C(O)C(O)c1c(C(F)(F)F)ccc(C(F)(F)F)c1Cl. The first-order valence-corrected chi connectivity index (χ1v) is 5.12. The van der Waals surface area contributed by atoms with Crippen LogP contribution in [0.2, 0.25) is 5.02 Å². The Labute approximate surface area is 112 Å². The lowest BCUT2D eigenvalue weighted by Gasteiger charge is -2.19. The van der Waals surface area contributed by atoms with Crippen LogP contribution in [0.1, 0.15) is 22.8 Å². The van der Waals surface area contributed by atoms with Gasteiger partial charge in [-0.3, -0.25) is 0 Å². The first kappa shape index (κ1) is 16.6. The van der Waals surface area contributed by atoms with Crippen LogP contribution < -0.4 is 0 Å². The summed E-state index contributed by atoms with van der Waals surface area (Å²) in [5.41, 5.74) is -4.95. The molecule has 0 aromatic heterocycles. The Balaban J connectivity index is 3.68. The molecule has 0 saturated heterocycles. The average molecular weight is 323 g/mol. The van der Waals surface area contributed by atoms with Crippen molar-refractivity contribution in [2.24, 2.45) is 0 Å².